The minimum atomic E-state index is -0.225. The summed E-state index contributed by atoms with van der Waals surface area (Å²) in [5, 5.41) is 6.17. The molecule has 0 aromatic carbocycles. The van der Waals surface area contributed by atoms with E-state index in [2.05, 4.69) is 114 Å². The molecule has 0 saturated heterocycles. The normalized spacial score (nSPS) is 36.9. The number of allylic oxidation sites excluding steroid dienone is 8. The van der Waals surface area contributed by atoms with E-state index in [0.29, 0.717) is 16.2 Å². The fourth-order valence-electron chi connectivity index (χ4n) is 6.93. The van der Waals surface area contributed by atoms with Crippen LogP contribution in [0.15, 0.2) is 45.3 Å². The predicted molar refractivity (Wildman–Crippen MR) is 245 cm³/mol. The lowest BCUT2D eigenvalue weighted by Gasteiger charge is -2.60. The van der Waals surface area contributed by atoms with Crippen molar-refractivity contribution in [3.8, 4) is 0 Å². The Kier molecular flexibility index (Phi) is 17.1. The van der Waals surface area contributed by atoms with Crippen molar-refractivity contribution in [2.45, 2.75) is 42.9 Å². The predicted octanol–water partition coefficient (Wildman–Crippen LogP) is 14.2. The molecule has 4 aliphatic rings. The van der Waals surface area contributed by atoms with E-state index in [0.717, 1.165) is 52.2 Å². The second-order valence-electron chi connectivity index (χ2n) is 9.93. The van der Waals surface area contributed by atoms with Crippen LogP contribution in [0.4, 0.5) is 0 Å². The van der Waals surface area contributed by atoms with Gasteiger partial charge in [0.1, 0.15) is 0 Å². The zero-order valence-electron chi connectivity index (χ0n) is 21.3. The maximum Gasteiger partial charge on any atom is 0.0261 e. The second kappa shape index (κ2) is 17.0. The first-order valence-electron chi connectivity index (χ1n) is 12.0. The van der Waals surface area contributed by atoms with Gasteiger partial charge in [0.2, 0.25) is 0 Å². The van der Waals surface area contributed by atoms with E-state index in [9.17, 15) is 0 Å². The molecule has 0 N–H and O–H groups in total. The Hall–Kier alpha value is 7.56. The van der Waals surface area contributed by atoms with Crippen LogP contribution in [0.5, 0.6) is 0 Å². The van der Waals surface area contributed by atoms with Gasteiger partial charge < -0.3 is 0 Å². The van der Waals surface area contributed by atoms with Crippen molar-refractivity contribution in [1.82, 2.24) is 0 Å². The van der Waals surface area contributed by atoms with E-state index in [4.69, 9.17) is 0 Å². The first-order chi connectivity index (χ1) is 18.0. The second-order valence-corrected chi connectivity index (χ2v) is 60.2. The molecule has 0 bridgehead atoms. The third kappa shape index (κ3) is 7.36. The number of hydrogen-bond donors (Lipinski definition) is 0. The Morgan fingerprint density at radius 3 is 2.18 bits per heavy atom. The smallest absolute Gasteiger partial charge is 0.0261 e. The summed E-state index contributed by atoms with van der Waals surface area (Å²) in [6, 6.07) is 0. The lowest BCUT2D eigenvalue weighted by atomic mass is 9.57. The van der Waals surface area contributed by atoms with Crippen molar-refractivity contribution in [2.75, 3.05) is 0 Å². The van der Waals surface area contributed by atoms with Gasteiger partial charge in [0.05, 0.1) is 0 Å². The van der Waals surface area contributed by atoms with E-state index < -0.39 is 0 Å². The highest BCUT2D eigenvalue weighted by atomic mass is 32.9. The molecule has 0 radical (unpaired) electrons. The Morgan fingerprint density at radius 1 is 0.921 bits per heavy atom. The lowest BCUT2D eigenvalue weighted by molar-refractivity contribution is 0.145. The van der Waals surface area contributed by atoms with Crippen molar-refractivity contribution in [3.05, 3.63) is 45.3 Å². The van der Waals surface area contributed by atoms with E-state index in [-0.39, 0.29) is 35.9 Å². The number of fused-ring (bicyclic) bond motifs is 5. The summed E-state index contributed by atoms with van der Waals surface area (Å²) >= 11 is 0. The molecule has 0 heterocycles. The van der Waals surface area contributed by atoms with Crippen LogP contribution < -0.4 is 0 Å². The average molecular weight is 878 g/mol. The van der Waals surface area contributed by atoms with Crippen molar-refractivity contribution in [1.29, 1.82) is 0 Å². The van der Waals surface area contributed by atoms with Crippen LogP contribution in [0.2, 0.25) is 0 Å². The largest absolute Gasteiger partial charge is 0.114 e. The molecule has 0 nitrogen and oxygen atoms in total. The molecule has 1 fully saturated rings. The van der Waals surface area contributed by atoms with Crippen LogP contribution in [-0.2, 0) is 0 Å². The maximum atomic E-state index is 3.35. The summed E-state index contributed by atoms with van der Waals surface area (Å²) in [7, 11) is 36.5. The molecule has 0 aromatic heterocycles. The van der Waals surface area contributed by atoms with E-state index in [1.807, 2.05) is 10.9 Å². The molecule has 1 saturated carbocycles. The Morgan fingerprint density at radius 2 is 1.63 bits per heavy atom. The van der Waals surface area contributed by atoms with E-state index in [1.54, 1.807) is 16.2 Å². The Balaban J connectivity index is 1.93. The molecule has 0 aliphatic heterocycles. The van der Waals surface area contributed by atoms with Crippen LogP contribution in [0, 0.1) is 17.8 Å². The van der Waals surface area contributed by atoms with Gasteiger partial charge in [0.15, 0.2) is 0 Å². The van der Waals surface area contributed by atoms with Crippen LogP contribution in [0.1, 0.15) is 32.6 Å². The molecule has 38 heavy (non-hydrogen) atoms. The minimum absolute atomic E-state index is 0.0513. The van der Waals surface area contributed by atoms with Crippen LogP contribution in [0.25, 0.3) is 0 Å². The monoisotopic (exact) mass is 878 g/mol. The minimum Gasteiger partial charge on any atom is -0.114 e. The highest BCUT2D eigenvalue weighted by Gasteiger charge is 2.61. The van der Waals surface area contributed by atoms with Gasteiger partial charge in [-0.1, -0.05) is 65.9 Å². The van der Waals surface area contributed by atoms with Gasteiger partial charge in [-0.05, 0) is 106 Å². The molecule has 20 heteroatoms. The third-order valence-corrected chi connectivity index (χ3v) is 62.9. The van der Waals surface area contributed by atoms with Gasteiger partial charge >= 0.3 is 0 Å². The maximum absolute atomic E-state index is 3.35. The molecular weight excluding hydrogens is 836 g/mol. The van der Waals surface area contributed by atoms with Gasteiger partial charge in [-0.2, -0.15) is 0 Å². The van der Waals surface area contributed by atoms with Crippen LogP contribution >= 0.6 is 166 Å². The van der Waals surface area contributed by atoms with Crippen LogP contribution in [-0.4, -0.2) is 10.3 Å². The molecule has 214 valence electrons. The quantitative estimate of drug-likeness (QED) is 0.192. The number of rotatable bonds is 10. The standard InChI is InChI=1S/C18H42P20/c1-9-4-6-17(30-19)11-5-7-18(36(24)25)12(2-3-14(18)29-38(28)33-22)10(11)8-13(34(23)31-20)15(17)16(9)35(32-21)37(26)27/h3-4,8,10-12,29-33H,2,5-7,19-28H2,1H3. The summed E-state index contributed by atoms with van der Waals surface area (Å²) in [6.45, 7) is 2.36. The molecular formula is C18H42P20. The number of hydrogen-bond acceptors (Lipinski definition) is 0. The van der Waals surface area contributed by atoms with Crippen molar-refractivity contribution < 1.29 is 0 Å². The lowest BCUT2D eigenvalue weighted by Crippen LogP contribution is -2.53. The van der Waals surface area contributed by atoms with Gasteiger partial charge in [0, 0.05) is 10.3 Å². The molecule has 0 spiro atoms. The van der Waals surface area contributed by atoms with Crippen molar-refractivity contribution >= 4 is 166 Å². The topological polar surface area (TPSA) is 0 Å². The fourth-order valence-corrected chi connectivity index (χ4v) is 50.5. The first-order valence-corrected chi connectivity index (χ1v) is 44.7. The summed E-state index contributed by atoms with van der Waals surface area (Å²) in [5.41, 5.74) is 3.45. The first kappa shape index (κ1) is 38.4. The van der Waals surface area contributed by atoms with Gasteiger partial charge in [0.25, 0.3) is 0 Å². The zero-order chi connectivity index (χ0) is 28.0. The molecule has 4 rings (SSSR count). The zero-order valence-corrected chi connectivity index (χ0v) is 42.3. The molecule has 0 amide bonds. The fraction of sp³-hybridized carbons (Fsp3) is 0.556. The SMILES string of the molecule is CC1=CCC2(PP)C(=C1P(PP)P(P)P)C(P(P)PP)=CC1C2CCC2(P(P)P)C(PP(P)PP)=CCC12. The summed E-state index contributed by atoms with van der Waals surface area (Å²) in [4.78, 5) is 0. The molecule has 0 aromatic rings. The highest BCUT2D eigenvalue weighted by molar-refractivity contribution is 8.88. The van der Waals surface area contributed by atoms with E-state index >= 15 is 0 Å². The molecule has 23 unspecified atom stereocenters. The summed E-state index contributed by atoms with van der Waals surface area (Å²) in [6.07, 6.45) is 13.7. The molecule has 23 atom stereocenters. The summed E-state index contributed by atoms with van der Waals surface area (Å²) < 4.78 is 0. The highest BCUT2D eigenvalue weighted by Crippen LogP contribution is 2.94. The van der Waals surface area contributed by atoms with Gasteiger partial charge in [-0.3, -0.25) is 0 Å². The van der Waals surface area contributed by atoms with Crippen LogP contribution in [0.3, 0.4) is 0 Å². The Labute approximate surface area is 269 Å². The van der Waals surface area contributed by atoms with Crippen molar-refractivity contribution in [3.63, 3.8) is 0 Å². The molecule has 4 aliphatic carbocycles. The van der Waals surface area contributed by atoms with Gasteiger partial charge in [-0.25, -0.2) is 0 Å². The summed E-state index contributed by atoms with van der Waals surface area (Å²) in [5.74, 6) is 2.28. The van der Waals surface area contributed by atoms with Gasteiger partial charge in [-0.15, -0.1) is 89.3 Å². The van der Waals surface area contributed by atoms with E-state index in [1.165, 1.54) is 25.7 Å². The average Bonchev–Trinajstić information content (AvgIpc) is 3.28. The van der Waals surface area contributed by atoms with Crippen molar-refractivity contribution in [2.24, 2.45) is 17.8 Å². The Bertz CT molecular complexity index is 1020. The third-order valence-electron chi connectivity index (χ3n) is 8.51.